The fourth-order valence-electron chi connectivity index (χ4n) is 2.61. The largest absolute Gasteiger partial charge is 0.465 e. The molecule has 0 radical (unpaired) electrons. The summed E-state index contributed by atoms with van der Waals surface area (Å²) in [5.41, 5.74) is 1.76. The van der Waals surface area contributed by atoms with Crippen molar-refractivity contribution in [2.45, 2.75) is 19.4 Å². The van der Waals surface area contributed by atoms with Gasteiger partial charge in [-0.25, -0.2) is 4.79 Å². The van der Waals surface area contributed by atoms with E-state index in [0.717, 1.165) is 24.1 Å². The maximum atomic E-state index is 11.5. The van der Waals surface area contributed by atoms with Crippen molar-refractivity contribution < 1.29 is 9.53 Å². The van der Waals surface area contributed by atoms with Crippen molar-refractivity contribution in [1.29, 1.82) is 0 Å². The molecule has 2 rings (SSSR count). The molecule has 0 unspecified atom stereocenters. The fraction of sp³-hybridized carbons (Fsp3) is 0.562. The molecular weight excluding hydrogens is 332 g/mol. The van der Waals surface area contributed by atoms with Gasteiger partial charge in [-0.05, 0) is 50.7 Å². The van der Waals surface area contributed by atoms with Crippen molar-refractivity contribution >= 4 is 21.9 Å². The van der Waals surface area contributed by atoms with Crippen molar-refractivity contribution in [3.05, 3.63) is 33.8 Å². The lowest BCUT2D eigenvalue weighted by molar-refractivity contribution is 0.0600. The Morgan fingerprint density at radius 1 is 1.38 bits per heavy atom. The molecule has 0 atom stereocenters. The summed E-state index contributed by atoms with van der Waals surface area (Å²) in [7, 11) is 3.53. The van der Waals surface area contributed by atoms with E-state index in [-0.39, 0.29) is 5.97 Å². The molecule has 1 aromatic carbocycles. The minimum atomic E-state index is -0.301. The molecule has 0 spiro atoms. The second kappa shape index (κ2) is 7.92. The third-order valence-electron chi connectivity index (χ3n) is 3.91. The highest BCUT2D eigenvalue weighted by molar-refractivity contribution is 9.10. The van der Waals surface area contributed by atoms with Gasteiger partial charge in [-0.15, -0.1) is 0 Å². The molecule has 1 aliphatic rings. The number of carbonyl (C=O) groups is 1. The number of hydrogen-bond donors (Lipinski definition) is 0. The topological polar surface area (TPSA) is 32.8 Å². The summed E-state index contributed by atoms with van der Waals surface area (Å²) in [6, 6.07) is 5.64. The summed E-state index contributed by atoms with van der Waals surface area (Å²) < 4.78 is 5.69. The summed E-state index contributed by atoms with van der Waals surface area (Å²) in [5, 5.41) is 0. The molecule has 5 heteroatoms. The van der Waals surface area contributed by atoms with Crippen LogP contribution in [-0.2, 0) is 11.3 Å². The van der Waals surface area contributed by atoms with Crippen LogP contribution >= 0.6 is 15.9 Å². The number of rotatable bonds is 6. The first-order chi connectivity index (χ1) is 10.1. The lowest BCUT2D eigenvalue weighted by atomic mass is 10.1. The number of likely N-dealkylation sites (N-methyl/N-ethyl adjacent to an activating group) is 1. The van der Waals surface area contributed by atoms with Crippen LogP contribution in [-0.4, -0.2) is 56.1 Å². The van der Waals surface area contributed by atoms with Gasteiger partial charge in [0.05, 0.1) is 12.7 Å². The van der Waals surface area contributed by atoms with Gasteiger partial charge in [-0.3, -0.25) is 0 Å². The van der Waals surface area contributed by atoms with E-state index in [0.29, 0.717) is 5.56 Å². The van der Waals surface area contributed by atoms with Crippen molar-refractivity contribution in [1.82, 2.24) is 9.80 Å². The van der Waals surface area contributed by atoms with E-state index in [2.05, 4.69) is 32.8 Å². The highest BCUT2D eigenvalue weighted by Crippen LogP contribution is 2.20. The van der Waals surface area contributed by atoms with Crippen LogP contribution in [0.4, 0.5) is 0 Å². The van der Waals surface area contributed by atoms with Crippen LogP contribution < -0.4 is 0 Å². The number of hydrogen-bond acceptors (Lipinski definition) is 4. The van der Waals surface area contributed by atoms with Crippen molar-refractivity contribution in [2.75, 3.05) is 40.3 Å². The van der Waals surface area contributed by atoms with E-state index in [1.807, 2.05) is 18.2 Å². The van der Waals surface area contributed by atoms with Gasteiger partial charge < -0.3 is 14.5 Å². The van der Waals surface area contributed by atoms with Crippen LogP contribution in [0.25, 0.3) is 0 Å². The summed E-state index contributed by atoms with van der Waals surface area (Å²) in [4.78, 5) is 16.3. The van der Waals surface area contributed by atoms with Crippen LogP contribution in [0.5, 0.6) is 0 Å². The van der Waals surface area contributed by atoms with Crippen LogP contribution in [0.15, 0.2) is 22.7 Å². The standard InChI is InChI=1S/C16H23BrN2O2/c1-18(9-10-19-7-3-4-8-19)12-14-6-5-13(11-15(14)17)16(20)21-2/h5-6,11H,3-4,7-10,12H2,1-2H3. The summed E-state index contributed by atoms with van der Waals surface area (Å²) in [6.07, 6.45) is 2.68. The number of methoxy groups -OCH3 is 1. The van der Waals surface area contributed by atoms with Crippen LogP contribution in [0.3, 0.4) is 0 Å². The molecule has 0 aromatic heterocycles. The number of halogens is 1. The lowest BCUT2D eigenvalue weighted by Gasteiger charge is -2.21. The molecule has 0 saturated carbocycles. The zero-order valence-electron chi connectivity index (χ0n) is 12.8. The Morgan fingerprint density at radius 3 is 2.71 bits per heavy atom. The molecular formula is C16H23BrN2O2. The second-order valence-electron chi connectivity index (χ2n) is 5.58. The van der Waals surface area contributed by atoms with Gasteiger partial charge in [0.15, 0.2) is 0 Å². The van der Waals surface area contributed by atoms with Gasteiger partial charge in [0, 0.05) is 24.1 Å². The van der Waals surface area contributed by atoms with E-state index in [9.17, 15) is 4.79 Å². The molecule has 4 nitrogen and oxygen atoms in total. The third kappa shape index (κ3) is 4.80. The summed E-state index contributed by atoms with van der Waals surface area (Å²) in [5.74, 6) is -0.301. The number of benzene rings is 1. The Kier molecular flexibility index (Phi) is 6.21. The monoisotopic (exact) mass is 354 g/mol. The molecule has 1 aromatic rings. The van der Waals surface area contributed by atoms with Gasteiger partial charge in [0.1, 0.15) is 0 Å². The van der Waals surface area contributed by atoms with E-state index < -0.39 is 0 Å². The molecule has 0 aliphatic carbocycles. The van der Waals surface area contributed by atoms with Gasteiger partial charge >= 0.3 is 5.97 Å². The highest BCUT2D eigenvalue weighted by Gasteiger charge is 2.13. The average molecular weight is 355 g/mol. The minimum absolute atomic E-state index is 0.301. The average Bonchev–Trinajstić information content (AvgIpc) is 2.99. The first kappa shape index (κ1) is 16.5. The Hall–Kier alpha value is -0.910. The maximum Gasteiger partial charge on any atom is 0.337 e. The van der Waals surface area contributed by atoms with Gasteiger partial charge in [-0.2, -0.15) is 0 Å². The van der Waals surface area contributed by atoms with Crippen LogP contribution in [0.1, 0.15) is 28.8 Å². The van der Waals surface area contributed by atoms with E-state index in [1.165, 1.54) is 38.6 Å². The number of ether oxygens (including phenoxy) is 1. The highest BCUT2D eigenvalue weighted by atomic mass is 79.9. The molecule has 0 bridgehead atoms. The molecule has 0 N–H and O–H groups in total. The number of esters is 1. The Bertz CT molecular complexity index is 487. The SMILES string of the molecule is COC(=O)c1ccc(CN(C)CCN2CCCC2)c(Br)c1. The Labute approximate surface area is 135 Å². The van der Waals surface area contributed by atoms with E-state index >= 15 is 0 Å². The summed E-state index contributed by atoms with van der Waals surface area (Å²) >= 11 is 3.55. The molecule has 1 aliphatic heterocycles. The summed E-state index contributed by atoms with van der Waals surface area (Å²) in [6.45, 7) is 5.55. The molecule has 21 heavy (non-hydrogen) atoms. The number of likely N-dealkylation sites (tertiary alicyclic amines) is 1. The molecule has 1 heterocycles. The number of nitrogens with zero attached hydrogens (tertiary/aromatic N) is 2. The molecule has 1 fully saturated rings. The van der Waals surface area contributed by atoms with E-state index in [4.69, 9.17) is 4.74 Å². The van der Waals surface area contributed by atoms with Crippen LogP contribution in [0.2, 0.25) is 0 Å². The first-order valence-corrected chi connectivity index (χ1v) is 8.17. The predicted molar refractivity (Wildman–Crippen MR) is 87.5 cm³/mol. The van der Waals surface area contributed by atoms with Crippen molar-refractivity contribution in [2.24, 2.45) is 0 Å². The maximum absolute atomic E-state index is 11.5. The molecule has 116 valence electrons. The van der Waals surface area contributed by atoms with Gasteiger partial charge in [0.25, 0.3) is 0 Å². The normalized spacial score (nSPS) is 15.6. The van der Waals surface area contributed by atoms with Crippen LogP contribution in [0, 0.1) is 0 Å². The molecule has 1 saturated heterocycles. The van der Waals surface area contributed by atoms with E-state index in [1.54, 1.807) is 0 Å². The smallest absolute Gasteiger partial charge is 0.337 e. The number of carbonyl (C=O) groups excluding carboxylic acids is 1. The molecule has 0 amide bonds. The van der Waals surface area contributed by atoms with Gasteiger partial charge in [-0.1, -0.05) is 22.0 Å². The zero-order chi connectivity index (χ0) is 15.2. The van der Waals surface area contributed by atoms with Gasteiger partial charge in [0.2, 0.25) is 0 Å². The second-order valence-corrected chi connectivity index (χ2v) is 6.44. The lowest BCUT2D eigenvalue weighted by Crippen LogP contribution is -2.31. The first-order valence-electron chi connectivity index (χ1n) is 7.38. The Balaban J connectivity index is 1.87. The Morgan fingerprint density at radius 2 is 2.10 bits per heavy atom. The zero-order valence-corrected chi connectivity index (χ0v) is 14.4. The fourth-order valence-corrected chi connectivity index (χ4v) is 3.11. The minimum Gasteiger partial charge on any atom is -0.465 e. The van der Waals surface area contributed by atoms with Crippen molar-refractivity contribution in [3.8, 4) is 0 Å². The van der Waals surface area contributed by atoms with Crippen molar-refractivity contribution in [3.63, 3.8) is 0 Å². The quantitative estimate of drug-likeness (QED) is 0.735. The third-order valence-corrected chi connectivity index (χ3v) is 4.65. The predicted octanol–water partition coefficient (Wildman–Crippen LogP) is 2.76.